The van der Waals surface area contributed by atoms with Crippen molar-refractivity contribution in [3.63, 3.8) is 0 Å². The molecule has 1 saturated heterocycles. The highest BCUT2D eigenvalue weighted by molar-refractivity contribution is 5.94. The third-order valence-electron chi connectivity index (χ3n) is 5.15. The normalized spacial score (nSPS) is 14.7. The highest BCUT2D eigenvalue weighted by atomic mass is 16.5. The first-order valence-corrected chi connectivity index (χ1v) is 9.68. The minimum atomic E-state index is -0.0206. The molecule has 0 unspecified atom stereocenters. The first kappa shape index (κ1) is 20.1. The maximum atomic E-state index is 12.7. The zero-order valence-corrected chi connectivity index (χ0v) is 16.5. The van der Waals surface area contributed by atoms with Crippen LogP contribution in [-0.4, -0.2) is 42.9 Å². The molecule has 0 saturated carbocycles. The largest absolute Gasteiger partial charge is 0.496 e. The number of piperidine rings is 1. The van der Waals surface area contributed by atoms with E-state index in [1.807, 2.05) is 23.1 Å². The molecule has 1 fully saturated rings. The molecular formula is C23H27NO4. The smallest absolute Gasteiger partial charge is 0.227 e. The Labute approximate surface area is 166 Å². The topological polar surface area (TPSA) is 55.8 Å². The summed E-state index contributed by atoms with van der Waals surface area (Å²) in [6.45, 7) is 3.50. The van der Waals surface area contributed by atoms with Crippen molar-refractivity contribution in [3.8, 4) is 5.75 Å². The molecule has 2 aromatic rings. The molecule has 0 atom stereocenters. The van der Waals surface area contributed by atoms with E-state index < -0.39 is 0 Å². The second kappa shape index (κ2) is 9.51. The fraction of sp³-hybridized carbons (Fsp3) is 0.391. The minimum absolute atomic E-state index is 0.0206. The van der Waals surface area contributed by atoms with Gasteiger partial charge >= 0.3 is 0 Å². The molecule has 28 heavy (non-hydrogen) atoms. The Balaban J connectivity index is 1.52. The van der Waals surface area contributed by atoms with Gasteiger partial charge < -0.3 is 14.4 Å². The predicted octanol–water partition coefficient (Wildman–Crippen LogP) is 3.65. The molecule has 0 aliphatic carbocycles. The maximum absolute atomic E-state index is 12.7. The highest BCUT2D eigenvalue weighted by Gasteiger charge is 2.24. The molecule has 5 heteroatoms. The van der Waals surface area contributed by atoms with E-state index in [0.29, 0.717) is 31.0 Å². The molecule has 0 N–H and O–H groups in total. The molecule has 1 amide bonds. The minimum Gasteiger partial charge on any atom is -0.496 e. The first-order valence-electron chi connectivity index (χ1n) is 9.68. The van der Waals surface area contributed by atoms with Gasteiger partial charge in [-0.2, -0.15) is 0 Å². The van der Waals surface area contributed by atoms with Crippen molar-refractivity contribution in [2.75, 3.05) is 20.2 Å². The first-order chi connectivity index (χ1) is 13.6. The van der Waals surface area contributed by atoms with Gasteiger partial charge in [0.15, 0.2) is 5.78 Å². The summed E-state index contributed by atoms with van der Waals surface area (Å²) in [4.78, 5) is 26.3. The van der Waals surface area contributed by atoms with Gasteiger partial charge in [0.05, 0.1) is 26.2 Å². The van der Waals surface area contributed by atoms with E-state index in [1.165, 1.54) is 12.5 Å². The van der Waals surface area contributed by atoms with Gasteiger partial charge in [-0.3, -0.25) is 9.59 Å². The molecule has 148 valence electrons. The van der Waals surface area contributed by atoms with Crippen LogP contribution >= 0.6 is 0 Å². The Morgan fingerprint density at radius 3 is 2.43 bits per heavy atom. The van der Waals surface area contributed by atoms with Crippen molar-refractivity contribution in [2.24, 2.45) is 0 Å². The maximum Gasteiger partial charge on any atom is 0.227 e. The Hall–Kier alpha value is -2.66. The number of rotatable bonds is 7. The summed E-state index contributed by atoms with van der Waals surface area (Å²) in [6, 6.07) is 15.4. The molecule has 3 rings (SSSR count). The number of Topliss-reactive ketones (excluding diaryl/α,β-unsaturated/α-hetero) is 1. The summed E-state index contributed by atoms with van der Waals surface area (Å²) in [5.74, 6) is 0.674. The average Bonchev–Trinajstić information content (AvgIpc) is 2.73. The number of likely N-dealkylation sites (tertiary alicyclic amines) is 1. The Morgan fingerprint density at radius 2 is 1.79 bits per heavy atom. The van der Waals surface area contributed by atoms with Gasteiger partial charge in [0.1, 0.15) is 5.75 Å². The number of ketones is 1. The number of hydrogen-bond acceptors (Lipinski definition) is 4. The third-order valence-corrected chi connectivity index (χ3v) is 5.15. The van der Waals surface area contributed by atoms with Crippen LogP contribution in [0.4, 0.5) is 0 Å². The molecule has 1 aliphatic heterocycles. The van der Waals surface area contributed by atoms with Crippen LogP contribution in [0.1, 0.15) is 41.3 Å². The third kappa shape index (κ3) is 5.20. The van der Waals surface area contributed by atoms with Gasteiger partial charge in [-0.1, -0.05) is 30.3 Å². The van der Waals surface area contributed by atoms with E-state index in [2.05, 4.69) is 12.1 Å². The summed E-state index contributed by atoms with van der Waals surface area (Å²) >= 11 is 0. The monoisotopic (exact) mass is 381 g/mol. The zero-order valence-electron chi connectivity index (χ0n) is 16.5. The summed E-state index contributed by atoms with van der Waals surface area (Å²) in [6.07, 6.45) is 2.09. The van der Waals surface area contributed by atoms with Crippen LogP contribution in [0.2, 0.25) is 0 Å². The highest BCUT2D eigenvalue weighted by Crippen LogP contribution is 2.23. The fourth-order valence-corrected chi connectivity index (χ4v) is 3.47. The van der Waals surface area contributed by atoms with Crippen LogP contribution in [0.15, 0.2) is 48.5 Å². The van der Waals surface area contributed by atoms with Crippen molar-refractivity contribution in [3.05, 3.63) is 65.2 Å². The van der Waals surface area contributed by atoms with Crippen LogP contribution in [-0.2, 0) is 22.6 Å². The van der Waals surface area contributed by atoms with Crippen molar-refractivity contribution < 1.29 is 19.1 Å². The summed E-state index contributed by atoms with van der Waals surface area (Å²) in [5.41, 5.74) is 2.51. The van der Waals surface area contributed by atoms with Gasteiger partial charge in [0.2, 0.25) is 5.91 Å². The lowest BCUT2D eigenvalue weighted by Crippen LogP contribution is -2.41. The quantitative estimate of drug-likeness (QED) is 0.687. The van der Waals surface area contributed by atoms with Crippen LogP contribution in [0, 0.1) is 0 Å². The Bertz CT molecular complexity index is 811. The molecule has 0 radical (unpaired) electrons. The van der Waals surface area contributed by atoms with E-state index in [-0.39, 0.29) is 24.2 Å². The van der Waals surface area contributed by atoms with Crippen molar-refractivity contribution >= 4 is 11.7 Å². The molecule has 0 aromatic heterocycles. The van der Waals surface area contributed by atoms with E-state index in [9.17, 15) is 9.59 Å². The number of methoxy groups -OCH3 is 1. The fourth-order valence-electron chi connectivity index (χ4n) is 3.47. The van der Waals surface area contributed by atoms with E-state index in [4.69, 9.17) is 9.47 Å². The summed E-state index contributed by atoms with van der Waals surface area (Å²) < 4.78 is 11.4. The van der Waals surface area contributed by atoms with Gasteiger partial charge in [-0.15, -0.1) is 0 Å². The van der Waals surface area contributed by atoms with Gasteiger partial charge in [-0.05, 0) is 43.5 Å². The average molecular weight is 381 g/mol. The van der Waals surface area contributed by atoms with Crippen LogP contribution in [0.25, 0.3) is 0 Å². The number of nitrogens with zero attached hydrogens (tertiary/aromatic N) is 1. The molecule has 2 aromatic carbocycles. The van der Waals surface area contributed by atoms with E-state index in [1.54, 1.807) is 25.3 Å². The SMILES string of the molecule is COc1ccc(C(C)=O)cc1CC(=O)N1CCC(OCc2ccccc2)CC1. The molecule has 5 nitrogen and oxygen atoms in total. The van der Waals surface area contributed by atoms with Crippen LogP contribution in [0.5, 0.6) is 5.75 Å². The standard InChI is InChI=1S/C23H27NO4/c1-17(25)19-8-9-22(27-2)20(14-19)15-23(26)24-12-10-21(11-13-24)28-16-18-6-4-3-5-7-18/h3-9,14,21H,10-13,15-16H2,1-2H3. The Morgan fingerprint density at radius 1 is 1.07 bits per heavy atom. The number of amides is 1. The number of ether oxygens (including phenoxy) is 2. The van der Waals surface area contributed by atoms with E-state index >= 15 is 0 Å². The van der Waals surface area contributed by atoms with E-state index in [0.717, 1.165) is 18.4 Å². The lowest BCUT2D eigenvalue weighted by Gasteiger charge is -2.32. The molecule has 0 spiro atoms. The molecular weight excluding hydrogens is 354 g/mol. The van der Waals surface area contributed by atoms with Gasteiger partial charge in [0, 0.05) is 24.2 Å². The second-order valence-corrected chi connectivity index (χ2v) is 7.14. The molecule has 1 aliphatic rings. The van der Waals surface area contributed by atoms with Crippen LogP contribution < -0.4 is 4.74 Å². The number of carbonyl (C=O) groups is 2. The lowest BCUT2D eigenvalue weighted by molar-refractivity contribution is -0.133. The summed E-state index contributed by atoms with van der Waals surface area (Å²) in [7, 11) is 1.58. The number of benzene rings is 2. The summed E-state index contributed by atoms with van der Waals surface area (Å²) in [5, 5.41) is 0. The second-order valence-electron chi connectivity index (χ2n) is 7.14. The van der Waals surface area contributed by atoms with Crippen molar-refractivity contribution in [1.29, 1.82) is 0 Å². The predicted molar refractivity (Wildman–Crippen MR) is 108 cm³/mol. The molecule has 1 heterocycles. The van der Waals surface area contributed by atoms with Crippen molar-refractivity contribution in [1.82, 2.24) is 4.90 Å². The van der Waals surface area contributed by atoms with Crippen LogP contribution in [0.3, 0.4) is 0 Å². The number of hydrogen-bond donors (Lipinski definition) is 0. The van der Waals surface area contributed by atoms with Gasteiger partial charge in [-0.25, -0.2) is 0 Å². The number of carbonyl (C=O) groups excluding carboxylic acids is 2. The Kier molecular flexibility index (Phi) is 6.82. The molecule has 0 bridgehead atoms. The lowest BCUT2D eigenvalue weighted by atomic mass is 10.0. The van der Waals surface area contributed by atoms with Gasteiger partial charge in [0.25, 0.3) is 0 Å². The zero-order chi connectivity index (χ0) is 19.9. The van der Waals surface area contributed by atoms with Crippen molar-refractivity contribution in [2.45, 2.75) is 38.9 Å².